The average Bonchev–Trinajstić information content (AvgIpc) is 3.04. The van der Waals surface area contributed by atoms with Crippen LogP contribution in [0.25, 0.3) is 0 Å². The number of aromatic amines is 1. The van der Waals surface area contributed by atoms with Gasteiger partial charge in [0.25, 0.3) is 0 Å². The molecule has 0 bridgehead atoms. The molecule has 128 valence electrons. The Morgan fingerprint density at radius 3 is 2.75 bits per heavy atom. The van der Waals surface area contributed by atoms with Crippen molar-refractivity contribution >= 4 is 11.8 Å². The van der Waals surface area contributed by atoms with E-state index in [0.29, 0.717) is 19.6 Å². The predicted molar refractivity (Wildman–Crippen MR) is 90.9 cm³/mol. The second-order valence-electron chi connectivity index (χ2n) is 5.89. The van der Waals surface area contributed by atoms with Crippen LogP contribution in [0.5, 0.6) is 0 Å². The summed E-state index contributed by atoms with van der Waals surface area (Å²) < 4.78 is 0. The first-order valence-electron chi connectivity index (χ1n) is 8.26. The van der Waals surface area contributed by atoms with Crippen LogP contribution in [-0.4, -0.2) is 63.8 Å². The van der Waals surface area contributed by atoms with E-state index >= 15 is 0 Å². The van der Waals surface area contributed by atoms with Crippen LogP contribution in [-0.2, 0) is 6.42 Å². The third kappa shape index (κ3) is 4.01. The highest BCUT2D eigenvalue weighted by molar-refractivity contribution is 5.74. The van der Waals surface area contributed by atoms with Gasteiger partial charge >= 0.3 is 6.03 Å². The van der Waals surface area contributed by atoms with Gasteiger partial charge in [0.1, 0.15) is 5.82 Å². The molecule has 8 heteroatoms. The maximum atomic E-state index is 12.2. The molecule has 2 aromatic rings. The average molecular weight is 329 g/mol. The van der Waals surface area contributed by atoms with Crippen molar-refractivity contribution in [3.8, 4) is 0 Å². The summed E-state index contributed by atoms with van der Waals surface area (Å²) in [4.78, 5) is 24.6. The smallest absolute Gasteiger partial charge is 0.317 e. The Kier molecular flexibility index (Phi) is 5.25. The molecule has 0 radical (unpaired) electrons. The van der Waals surface area contributed by atoms with Crippen LogP contribution in [0.3, 0.4) is 0 Å². The molecule has 1 aliphatic rings. The first kappa shape index (κ1) is 16.2. The Morgan fingerprint density at radius 1 is 1.25 bits per heavy atom. The van der Waals surface area contributed by atoms with Crippen LogP contribution in [0.1, 0.15) is 17.7 Å². The van der Waals surface area contributed by atoms with Crippen LogP contribution in [0.2, 0.25) is 0 Å². The molecule has 3 heterocycles. The number of H-pyrrole nitrogens is 1. The minimum atomic E-state index is 0.0118. The Morgan fingerprint density at radius 2 is 2.08 bits per heavy atom. The summed E-state index contributed by atoms with van der Waals surface area (Å²) in [5.41, 5.74) is 2.31. The fourth-order valence-electron chi connectivity index (χ4n) is 2.81. The number of urea groups is 1. The van der Waals surface area contributed by atoms with Gasteiger partial charge in [0.15, 0.2) is 0 Å². The van der Waals surface area contributed by atoms with Crippen molar-refractivity contribution in [1.29, 1.82) is 0 Å². The minimum absolute atomic E-state index is 0.0118. The number of piperazine rings is 1. The van der Waals surface area contributed by atoms with Gasteiger partial charge in [-0.1, -0.05) is 0 Å². The maximum Gasteiger partial charge on any atom is 0.317 e. The zero-order valence-electron chi connectivity index (χ0n) is 13.9. The van der Waals surface area contributed by atoms with Crippen molar-refractivity contribution in [3.05, 3.63) is 36.0 Å². The topological polar surface area (TPSA) is 90.0 Å². The number of aryl methyl sites for hydroxylation is 2. The van der Waals surface area contributed by atoms with Gasteiger partial charge in [-0.2, -0.15) is 5.10 Å². The Hall–Kier alpha value is -2.64. The van der Waals surface area contributed by atoms with Gasteiger partial charge in [-0.25, -0.2) is 9.78 Å². The van der Waals surface area contributed by atoms with Gasteiger partial charge in [-0.05, 0) is 25.3 Å². The lowest BCUT2D eigenvalue weighted by Gasteiger charge is -2.35. The second-order valence-corrected chi connectivity index (χ2v) is 5.89. The van der Waals surface area contributed by atoms with Crippen molar-refractivity contribution in [3.63, 3.8) is 0 Å². The number of carbonyl (C=O) groups is 1. The molecule has 0 spiro atoms. The normalized spacial score (nSPS) is 14.7. The minimum Gasteiger partial charge on any atom is -0.352 e. The first-order chi connectivity index (χ1) is 11.7. The van der Waals surface area contributed by atoms with E-state index in [0.717, 1.165) is 37.4 Å². The molecule has 1 saturated heterocycles. The number of anilines is 1. The van der Waals surface area contributed by atoms with E-state index in [1.54, 1.807) is 18.6 Å². The van der Waals surface area contributed by atoms with E-state index in [1.165, 1.54) is 5.56 Å². The Balaban J connectivity index is 1.37. The van der Waals surface area contributed by atoms with Gasteiger partial charge in [0.2, 0.25) is 0 Å². The number of nitrogens with zero attached hydrogens (tertiary/aromatic N) is 5. The monoisotopic (exact) mass is 329 g/mol. The van der Waals surface area contributed by atoms with E-state index < -0.39 is 0 Å². The van der Waals surface area contributed by atoms with Crippen LogP contribution in [0, 0.1) is 6.92 Å². The fourth-order valence-corrected chi connectivity index (χ4v) is 2.81. The van der Waals surface area contributed by atoms with Gasteiger partial charge < -0.3 is 15.1 Å². The third-order valence-corrected chi connectivity index (χ3v) is 4.27. The highest BCUT2D eigenvalue weighted by Gasteiger charge is 2.21. The maximum absolute atomic E-state index is 12.2. The van der Waals surface area contributed by atoms with Crippen molar-refractivity contribution < 1.29 is 4.79 Å². The number of nitrogens with one attached hydrogen (secondary N) is 2. The van der Waals surface area contributed by atoms with E-state index in [4.69, 9.17) is 0 Å². The lowest BCUT2D eigenvalue weighted by Crippen LogP contribution is -2.52. The molecule has 1 fully saturated rings. The van der Waals surface area contributed by atoms with E-state index in [2.05, 4.69) is 30.4 Å². The van der Waals surface area contributed by atoms with Gasteiger partial charge in [-0.3, -0.25) is 10.1 Å². The van der Waals surface area contributed by atoms with Crippen LogP contribution in [0.15, 0.2) is 24.8 Å². The van der Waals surface area contributed by atoms with Crippen molar-refractivity contribution in [1.82, 2.24) is 30.4 Å². The SMILES string of the molecule is Cc1[nH]ncc1CCCNC(=O)N1CCN(c2cnccn2)CC1. The van der Waals surface area contributed by atoms with Crippen LogP contribution in [0.4, 0.5) is 10.6 Å². The van der Waals surface area contributed by atoms with Gasteiger partial charge in [0, 0.05) is 50.8 Å². The summed E-state index contributed by atoms with van der Waals surface area (Å²) in [6, 6.07) is 0.0118. The summed E-state index contributed by atoms with van der Waals surface area (Å²) in [5.74, 6) is 0.869. The standard InChI is InChI=1S/C16H23N7O/c1-13-14(11-20-21-13)3-2-4-19-16(24)23-9-7-22(8-10-23)15-12-17-5-6-18-15/h5-6,11-12H,2-4,7-10H2,1H3,(H,19,24)(H,20,21). The number of hydrogen-bond acceptors (Lipinski definition) is 5. The lowest BCUT2D eigenvalue weighted by atomic mass is 10.1. The molecular weight excluding hydrogens is 306 g/mol. The summed E-state index contributed by atoms with van der Waals surface area (Å²) >= 11 is 0. The molecule has 2 N–H and O–H groups in total. The fraction of sp³-hybridized carbons (Fsp3) is 0.500. The van der Waals surface area contributed by atoms with Crippen LogP contribution < -0.4 is 10.2 Å². The van der Waals surface area contributed by atoms with Crippen molar-refractivity contribution in [2.45, 2.75) is 19.8 Å². The van der Waals surface area contributed by atoms with Gasteiger partial charge in [-0.15, -0.1) is 0 Å². The molecule has 24 heavy (non-hydrogen) atoms. The molecule has 0 aromatic carbocycles. The molecule has 1 aliphatic heterocycles. The zero-order valence-corrected chi connectivity index (χ0v) is 13.9. The molecule has 2 amide bonds. The Labute approximate surface area is 141 Å². The molecule has 2 aromatic heterocycles. The van der Waals surface area contributed by atoms with E-state index in [1.807, 2.05) is 18.0 Å². The summed E-state index contributed by atoms with van der Waals surface area (Å²) in [5, 5.41) is 9.93. The van der Waals surface area contributed by atoms with E-state index in [-0.39, 0.29) is 6.03 Å². The number of amides is 2. The number of hydrogen-bond donors (Lipinski definition) is 2. The lowest BCUT2D eigenvalue weighted by molar-refractivity contribution is 0.194. The molecule has 0 unspecified atom stereocenters. The largest absolute Gasteiger partial charge is 0.352 e. The van der Waals surface area contributed by atoms with Crippen molar-refractivity contribution in [2.75, 3.05) is 37.6 Å². The molecule has 0 saturated carbocycles. The number of aromatic nitrogens is 4. The predicted octanol–water partition coefficient (Wildman–Crippen LogP) is 0.973. The van der Waals surface area contributed by atoms with Gasteiger partial charge in [0.05, 0.1) is 12.4 Å². The zero-order chi connectivity index (χ0) is 16.8. The molecule has 3 rings (SSSR count). The summed E-state index contributed by atoms with van der Waals surface area (Å²) in [7, 11) is 0. The summed E-state index contributed by atoms with van der Waals surface area (Å²) in [6.07, 6.45) is 8.79. The Bertz CT molecular complexity index is 649. The third-order valence-electron chi connectivity index (χ3n) is 4.27. The second kappa shape index (κ2) is 7.76. The molecule has 8 nitrogen and oxygen atoms in total. The van der Waals surface area contributed by atoms with Crippen LogP contribution >= 0.6 is 0 Å². The van der Waals surface area contributed by atoms with Crippen molar-refractivity contribution in [2.24, 2.45) is 0 Å². The highest BCUT2D eigenvalue weighted by atomic mass is 16.2. The first-order valence-corrected chi connectivity index (χ1v) is 8.26. The summed E-state index contributed by atoms with van der Waals surface area (Å²) in [6.45, 7) is 5.64. The molecule has 0 atom stereocenters. The quantitative estimate of drug-likeness (QED) is 0.798. The van der Waals surface area contributed by atoms with E-state index in [9.17, 15) is 4.79 Å². The molecular formula is C16H23N7O. The number of carbonyl (C=O) groups excluding carboxylic acids is 1. The number of rotatable bonds is 5. The molecule has 0 aliphatic carbocycles. The highest BCUT2D eigenvalue weighted by Crippen LogP contribution is 2.11.